The molecule has 0 saturated carbocycles. The topological polar surface area (TPSA) is 91.6 Å². The molecule has 0 saturated heterocycles. The van der Waals surface area contributed by atoms with Crippen LogP contribution in [0.15, 0.2) is 60.8 Å². The van der Waals surface area contributed by atoms with Gasteiger partial charge in [-0.25, -0.2) is 0 Å². The molecule has 2 aromatic heterocycles. The van der Waals surface area contributed by atoms with E-state index < -0.39 is 21.7 Å². The van der Waals surface area contributed by atoms with E-state index in [9.17, 15) is 10.1 Å². The molecule has 2 atom stereocenters. The number of hydrogen-bond acceptors (Lipinski definition) is 6. The van der Waals surface area contributed by atoms with Crippen molar-refractivity contribution in [2.24, 2.45) is 0 Å². The van der Waals surface area contributed by atoms with Gasteiger partial charge >= 0.3 is 196 Å². The Morgan fingerprint density at radius 1 is 1.16 bits per heavy atom. The van der Waals surface area contributed by atoms with Crippen molar-refractivity contribution in [1.82, 2.24) is 20.3 Å². The summed E-state index contributed by atoms with van der Waals surface area (Å²) in [6.45, 7) is 0.550. The minimum absolute atomic E-state index is 0.127. The SMILES string of the molecule is N#CC(c1ccnc([AsH]CCNC(=O)c2ccc(Cl)cc2)n1)c1nc2ccccc2s1. The summed E-state index contributed by atoms with van der Waals surface area (Å²) in [6, 6.07) is 18.7. The van der Waals surface area contributed by atoms with E-state index in [1.165, 1.54) is 11.3 Å². The van der Waals surface area contributed by atoms with Gasteiger partial charge in [-0.1, -0.05) is 0 Å². The third kappa shape index (κ3) is 5.29. The molecule has 0 fully saturated rings. The first-order chi connectivity index (χ1) is 15.1. The molecule has 0 aliphatic rings. The van der Waals surface area contributed by atoms with Crippen LogP contribution in [-0.2, 0) is 0 Å². The number of thiazole rings is 1. The van der Waals surface area contributed by atoms with Gasteiger partial charge in [-0.3, -0.25) is 0 Å². The fraction of sp³-hybridized carbons (Fsp3) is 0.136. The monoisotopic (exact) mass is 509 g/mol. The number of nitrogens with zero attached hydrogens (tertiary/aromatic N) is 4. The van der Waals surface area contributed by atoms with E-state index in [0.29, 0.717) is 22.8 Å². The standard InChI is InChI=1S/C22H17AsClN5OS/c24-15-7-5-14(6-8-15)20(30)26-12-10-23-22-27-11-9-17(29-22)16(13-25)21-28-18-3-1-2-4-19(18)31-21/h1-9,11,16,23H,10,12H2,(H,26,30). The van der Waals surface area contributed by atoms with Crippen LogP contribution in [0.2, 0.25) is 10.2 Å². The molecule has 1 amide bonds. The average molecular weight is 510 g/mol. The van der Waals surface area contributed by atoms with E-state index in [1.807, 2.05) is 24.3 Å². The molecule has 0 bridgehead atoms. The summed E-state index contributed by atoms with van der Waals surface area (Å²) >= 11 is 6.71. The van der Waals surface area contributed by atoms with Crippen LogP contribution in [0, 0.1) is 11.3 Å². The zero-order valence-corrected chi connectivity index (χ0v) is 19.9. The van der Waals surface area contributed by atoms with Crippen LogP contribution in [0.5, 0.6) is 0 Å². The summed E-state index contributed by atoms with van der Waals surface area (Å²) in [5, 5.41) is 14.8. The van der Waals surface area contributed by atoms with Crippen LogP contribution in [0.25, 0.3) is 10.2 Å². The number of nitrogens with one attached hydrogen (secondary N) is 1. The number of hydrogen-bond donors (Lipinski definition) is 1. The van der Waals surface area contributed by atoms with Gasteiger partial charge in [-0.05, 0) is 0 Å². The van der Waals surface area contributed by atoms with E-state index in [-0.39, 0.29) is 5.91 Å². The van der Waals surface area contributed by atoms with Crippen molar-refractivity contribution in [3.05, 3.63) is 82.1 Å². The molecule has 4 aromatic rings. The maximum absolute atomic E-state index is 12.2. The number of halogens is 1. The zero-order chi connectivity index (χ0) is 21.6. The molecule has 0 radical (unpaired) electrons. The van der Waals surface area contributed by atoms with Crippen LogP contribution >= 0.6 is 22.9 Å². The van der Waals surface area contributed by atoms with Crippen molar-refractivity contribution in [2.45, 2.75) is 11.1 Å². The Balaban J connectivity index is 1.38. The van der Waals surface area contributed by atoms with E-state index in [2.05, 4.69) is 26.3 Å². The summed E-state index contributed by atoms with van der Waals surface area (Å²) in [6.07, 6.45) is 1.70. The number of rotatable bonds is 7. The molecular formula is C22H17AsClN5OS. The molecule has 31 heavy (non-hydrogen) atoms. The van der Waals surface area contributed by atoms with Gasteiger partial charge in [-0.2, -0.15) is 0 Å². The second kappa shape index (κ2) is 10.0. The van der Waals surface area contributed by atoms with Crippen LogP contribution < -0.4 is 9.93 Å². The number of benzene rings is 2. The Hall–Kier alpha value is -2.78. The molecule has 9 heteroatoms. The van der Waals surface area contributed by atoms with Crippen molar-refractivity contribution in [2.75, 3.05) is 6.54 Å². The predicted molar refractivity (Wildman–Crippen MR) is 124 cm³/mol. The van der Waals surface area contributed by atoms with Gasteiger partial charge in [0.1, 0.15) is 0 Å². The first-order valence-corrected chi connectivity index (χ1v) is 13.2. The molecule has 154 valence electrons. The summed E-state index contributed by atoms with van der Waals surface area (Å²) < 4.78 is 1.82. The van der Waals surface area contributed by atoms with E-state index in [1.54, 1.807) is 36.5 Å². The number of para-hydroxylation sites is 1. The first kappa shape index (κ1) is 21.5. The number of carbonyl (C=O) groups excluding carboxylic acids is 1. The van der Waals surface area contributed by atoms with Crippen LogP contribution in [-0.4, -0.2) is 43.2 Å². The third-order valence-electron chi connectivity index (χ3n) is 4.46. The van der Waals surface area contributed by atoms with Crippen LogP contribution in [0.1, 0.15) is 27.0 Å². The molecule has 2 heterocycles. The zero-order valence-electron chi connectivity index (χ0n) is 16.2. The van der Waals surface area contributed by atoms with E-state index in [0.717, 1.165) is 25.0 Å². The second-order valence-corrected chi connectivity index (χ2v) is 10.8. The second-order valence-electron chi connectivity index (χ2n) is 6.58. The van der Waals surface area contributed by atoms with Crippen molar-refractivity contribution < 1.29 is 4.79 Å². The normalized spacial score (nSPS) is 12.1. The van der Waals surface area contributed by atoms with Gasteiger partial charge in [0.25, 0.3) is 0 Å². The van der Waals surface area contributed by atoms with Gasteiger partial charge in [-0.15, -0.1) is 0 Å². The summed E-state index contributed by atoms with van der Waals surface area (Å²) in [4.78, 5) is 25.8. The van der Waals surface area contributed by atoms with Crippen molar-refractivity contribution in [1.29, 1.82) is 5.26 Å². The fourth-order valence-corrected chi connectivity index (χ4v) is 5.86. The Bertz CT molecular complexity index is 1220. The summed E-state index contributed by atoms with van der Waals surface area (Å²) in [7, 11) is 0. The molecule has 1 N–H and O–H groups in total. The molecule has 2 aromatic carbocycles. The van der Waals surface area contributed by atoms with Crippen molar-refractivity contribution >= 4 is 59.4 Å². The first-order valence-electron chi connectivity index (χ1n) is 9.50. The van der Waals surface area contributed by atoms with E-state index >= 15 is 0 Å². The Labute approximate surface area is 195 Å². The van der Waals surface area contributed by atoms with Crippen molar-refractivity contribution in [3.8, 4) is 6.07 Å². The minimum atomic E-state index is -0.652. The summed E-state index contributed by atoms with van der Waals surface area (Å²) in [5.74, 6) is -0.645. The Morgan fingerprint density at radius 3 is 2.74 bits per heavy atom. The predicted octanol–water partition coefficient (Wildman–Crippen LogP) is 3.31. The number of aromatic nitrogens is 3. The fourth-order valence-electron chi connectivity index (χ4n) is 2.93. The van der Waals surface area contributed by atoms with Crippen LogP contribution in [0.3, 0.4) is 0 Å². The quantitative estimate of drug-likeness (QED) is 0.305. The van der Waals surface area contributed by atoms with Gasteiger partial charge in [0.05, 0.1) is 0 Å². The average Bonchev–Trinajstić information content (AvgIpc) is 3.21. The molecular weight excluding hydrogens is 493 g/mol. The number of amides is 1. The summed E-state index contributed by atoms with van der Waals surface area (Å²) in [5.41, 5.74) is 2.14. The van der Waals surface area contributed by atoms with Gasteiger partial charge in [0.15, 0.2) is 0 Å². The molecule has 4 rings (SSSR count). The maximum atomic E-state index is 12.2. The molecule has 0 aliphatic carbocycles. The Morgan fingerprint density at radius 2 is 1.97 bits per heavy atom. The van der Waals surface area contributed by atoms with Gasteiger partial charge < -0.3 is 0 Å². The molecule has 0 spiro atoms. The molecule has 2 unspecified atom stereocenters. The molecule has 0 aliphatic heterocycles. The number of fused-ring (bicyclic) bond motifs is 1. The van der Waals surface area contributed by atoms with Gasteiger partial charge in [0, 0.05) is 0 Å². The number of carbonyl (C=O) groups is 1. The Kier molecular flexibility index (Phi) is 6.93. The van der Waals surface area contributed by atoms with Crippen LogP contribution in [0.4, 0.5) is 0 Å². The van der Waals surface area contributed by atoms with E-state index in [4.69, 9.17) is 11.6 Å². The van der Waals surface area contributed by atoms with Crippen molar-refractivity contribution in [3.63, 3.8) is 0 Å². The number of nitriles is 1. The third-order valence-corrected chi connectivity index (χ3v) is 8.03. The molecule has 6 nitrogen and oxygen atoms in total. The van der Waals surface area contributed by atoms with Gasteiger partial charge in [0.2, 0.25) is 0 Å².